The maximum absolute atomic E-state index is 4.56. The molecule has 0 bridgehead atoms. The van der Waals surface area contributed by atoms with Gasteiger partial charge in [0.15, 0.2) is 0 Å². The van der Waals surface area contributed by atoms with E-state index in [2.05, 4.69) is 59.3 Å². The van der Waals surface area contributed by atoms with Crippen LogP contribution in [0.2, 0.25) is 0 Å². The van der Waals surface area contributed by atoms with Crippen molar-refractivity contribution in [3.63, 3.8) is 0 Å². The number of rotatable bonds is 6. The SMILES string of the molecule is CCC1(CCCc2ccccc2)CCCN(c2ccccn2)C1. The first-order valence-electron chi connectivity index (χ1n) is 9.01. The molecule has 23 heavy (non-hydrogen) atoms. The van der Waals surface area contributed by atoms with Crippen LogP contribution in [0.4, 0.5) is 5.82 Å². The third kappa shape index (κ3) is 4.13. The van der Waals surface area contributed by atoms with Gasteiger partial charge in [-0.05, 0) is 61.6 Å². The second kappa shape index (κ2) is 7.63. The molecule has 1 aliphatic heterocycles. The molecule has 1 atom stereocenters. The fourth-order valence-corrected chi connectivity index (χ4v) is 3.93. The molecule has 2 nitrogen and oxygen atoms in total. The summed E-state index contributed by atoms with van der Waals surface area (Å²) in [5.74, 6) is 1.15. The Labute approximate surface area is 140 Å². The molecule has 2 heterocycles. The quantitative estimate of drug-likeness (QED) is 0.738. The van der Waals surface area contributed by atoms with Crippen molar-refractivity contribution in [2.45, 2.75) is 45.4 Å². The summed E-state index contributed by atoms with van der Waals surface area (Å²) in [7, 11) is 0. The Hall–Kier alpha value is -1.83. The maximum Gasteiger partial charge on any atom is 0.128 e. The van der Waals surface area contributed by atoms with Gasteiger partial charge in [0.05, 0.1) is 0 Å². The van der Waals surface area contributed by atoms with Gasteiger partial charge < -0.3 is 4.90 Å². The lowest BCUT2D eigenvalue weighted by Gasteiger charge is -2.43. The summed E-state index contributed by atoms with van der Waals surface area (Å²) >= 11 is 0. The summed E-state index contributed by atoms with van der Waals surface area (Å²) in [6.45, 7) is 4.68. The first kappa shape index (κ1) is 16.0. The van der Waals surface area contributed by atoms with E-state index in [1.54, 1.807) is 0 Å². The fourth-order valence-electron chi connectivity index (χ4n) is 3.93. The van der Waals surface area contributed by atoms with E-state index in [0.29, 0.717) is 5.41 Å². The van der Waals surface area contributed by atoms with Crippen molar-refractivity contribution in [1.29, 1.82) is 0 Å². The van der Waals surface area contributed by atoms with Crippen molar-refractivity contribution >= 4 is 5.82 Å². The van der Waals surface area contributed by atoms with Gasteiger partial charge in [0.1, 0.15) is 5.82 Å². The largest absolute Gasteiger partial charge is 0.356 e. The summed E-state index contributed by atoms with van der Waals surface area (Å²) in [6, 6.07) is 17.1. The molecule has 0 aliphatic carbocycles. The van der Waals surface area contributed by atoms with Gasteiger partial charge in [-0.15, -0.1) is 0 Å². The van der Waals surface area contributed by atoms with E-state index in [9.17, 15) is 0 Å². The van der Waals surface area contributed by atoms with E-state index in [0.717, 1.165) is 18.9 Å². The molecule has 1 aromatic heterocycles. The summed E-state index contributed by atoms with van der Waals surface area (Å²) in [4.78, 5) is 7.05. The lowest BCUT2D eigenvalue weighted by Crippen LogP contribution is -2.43. The van der Waals surface area contributed by atoms with Crippen molar-refractivity contribution < 1.29 is 0 Å². The molecule has 1 fully saturated rings. The summed E-state index contributed by atoms with van der Waals surface area (Å²) in [5.41, 5.74) is 1.93. The zero-order valence-electron chi connectivity index (χ0n) is 14.2. The summed E-state index contributed by atoms with van der Waals surface area (Å²) < 4.78 is 0. The second-order valence-electron chi connectivity index (χ2n) is 6.91. The Bertz CT molecular complexity index is 581. The zero-order valence-corrected chi connectivity index (χ0v) is 14.2. The molecule has 1 saturated heterocycles. The van der Waals surface area contributed by atoms with E-state index in [1.165, 1.54) is 44.1 Å². The third-order valence-electron chi connectivity index (χ3n) is 5.40. The number of piperidine rings is 1. The van der Waals surface area contributed by atoms with Gasteiger partial charge in [-0.25, -0.2) is 4.98 Å². The van der Waals surface area contributed by atoms with Crippen LogP contribution in [0.25, 0.3) is 0 Å². The van der Waals surface area contributed by atoms with Gasteiger partial charge in [-0.1, -0.05) is 43.3 Å². The minimum atomic E-state index is 0.463. The summed E-state index contributed by atoms with van der Waals surface area (Å²) in [5, 5.41) is 0. The standard InChI is InChI=1S/C21H28N2/c1-2-21(14-8-12-19-10-4-3-5-11-19)15-9-17-23(18-21)20-13-6-7-16-22-20/h3-7,10-11,13,16H,2,8-9,12,14-15,17-18H2,1H3. The van der Waals surface area contributed by atoms with E-state index in [1.807, 2.05) is 12.3 Å². The minimum Gasteiger partial charge on any atom is -0.356 e. The zero-order chi connectivity index (χ0) is 16.0. The molecule has 1 unspecified atom stereocenters. The Morgan fingerprint density at radius 3 is 2.65 bits per heavy atom. The van der Waals surface area contributed by atoms with Crippen LogP contribution in [0, 0.1) is 5.41 Å². The lowest BCUT2D eigenvalue weighted by molar-refractivity contribution is 0.198. The fraction of sp³-hybridized carbons (Fsp3) is 0.476. The number of aryl methyl sites for hydroxylation is 1. The minimum absolute atomic E-state index is 0.463. The van der Waals surface area contributed by atoms with Crippen molar-refractivity contribution in [2.75, 3.05) is 18.0 Å². The van der Waals surface area contributed by atoms with Crippen LogP contribution >= 0.6 is 0 Å². The number of benzene rings is 1. The lowest BCUT2D eigenvalue weighted by atomic mass is 9.73. The molecule has 0 spiro atoms. The predicted molar refractivity (Wildman–Crippen MR) is 97.8 cm³/mol. The highest BCUT2D eigenvalue weighted by Gasteiger charge is 2.33. The van der Waals surface area contributed by atoms with Crippen molar-refractivity contribution in [1.82, 2.24) is 4.98 Å². The van der Waals surface area contributed by atoms with Crippen molar-refractivity contribution in [3.8, 4) is 0 Å². The number of anilines is 1. The van der Waals surface area contributed by atoms with Crippen LogP contribution in [-0.4, -0.2) is 18.1 Å². The normalized spacial score (nSPS) is 21.3. The molecule has 1 aromatic carbocycles. The maximum atomic E-state index is 4.56. The average molecular weight is 308 g/mol. The molecule has 0 radical (unpaired) electrons. The molecule has 2 aromatic rings. The second-order valence-corrected chi connectivity index (χ2v) is 6.91. The van der Waals surface area contributed by atoms with Gasteiger partial charge in [0, 0.05) is 19.3 Å². The Balaban J connectivity index is 1.61. The van der Waals surface area contributed by atoms with Crippen LogP contribution in [0.15, 0.2) is 54.7 Å². The van der Waals surface area contributed by atoms with Gasteiger partial charge in [-0.3, -0.25) is 0 Å². The highest BCUT2D eigenvalue weighted by Crippen LogP contribution is 2.39. The van der Waals surface area contributed by atoms with Crippen molar-refractivity contribution in [3.05, 3.63) is 60.3 Å². The van der Waals surface area contributed by atoms with E-state index >= 15 is 0 Å². The molecule has 1 aliphatic rings. The average Bonchev–Trinajstić information content (AvgIpc) is 2.63. The van der Waals surface area contributed by atoms with Crippen LogP contribution < -0.4 is 4.90 Å². The van der Waals surface area contributed by atoms with Crippen LogP contribution in [0.5, 0.6) is 0 Å². The first-order chi connectivity index (χ1) is 11.3. The third-order valence-corrected chi connectivity index (χ3v) is 5.40. The predicted octanol–water partition coefficient (Wildman–Crippen LogP) is 5.10. The molecule has 2 heteroatoms. The van der Waals surface area contributed by atoms with Crippen molar-refractivity contribution in [2.24, 2.45) is 5.41 Å². The number of nitrogens with zero attached hydrogens (tertiary/aromatic N) is 2. The van der Waals surface area contributed by atoms with E-state index in [-0.39, 0.29) is 0 Å². The molecular weight excluding hydrogens is 280 g/mol. The van der Waals surface area contributed by atoms with Gasteiger partial charge in [-0.2, -0.15) is 0 Å². The molecule has 3 rings (SSSR count). The number of hydrogen-bond donors (Lipinski definition) is 0. The number of pyridine rings is 1. The highest BCUT2D eigenvalue weighted by atomic mass is 15.2. The first-order valence-corrected chi connectivity index (χ1v) is 9.01. The molecule has 0 N–H and O–H groups in total. The smallest absolute Gasteiger partial charge is 0.128 e. The molecular formula is C21H28N2. The van der Waals surface area contributed by atoms with Gasteiger partial charge in [0.2, 0.25) is 0 Å². The molecule has 122 valence electrons. The molecule has 0 saturated carbocycles. The van der Waals surface area contributed by atoms with E-state index < -0.39 is 0 Å². The van der Waals surface area contributed by atoms with E-state index in [4.69, 9.17) is 0 Å². The topological polar surface area (TPSA) is 16.1 Å². The van der Waals surface area contributed by atoms with Crippen LogP contribution in [0.3, 0.4) is 0 Å². The van der Waals surface area contributed by atoms with Gasteiger partial charge in [0.25, 0.3) is 0 Å². The molecule has 0 amide bonds. The van der Waals surface area contributed by atoms with Gasteiger partial charge >= 0.3 is 0 Å². The summed E-state index contributed by atoms with van der Waals surface area (Å²) in [6.07, 6.45) is 9.64. The number of hydrogen-bond acceptors (Lipinski definition) is 2. The van der Waals surface area contributed by atoms with Crippen LogP contribution in [-0.2, 0) is 6.42 Å². The Morgan fingerprint density at radius 2 is 1.91 bits per heavy atom. The highest BCUT2D eigenvalue weighted by molar-refractivity contribution is 5.38. The van der Waals surface area contributed by atoms with Crippen LogP contribution in [0.1, 0.15) is 44.6 Å². The Kier molecular flexibility index (Phi) is 5.32. The number of aromatic nitrogens is 1. The monoisotopic (exact) mass is 308 g/mol. The Morgan fingerprint density at radius 1 is 1.09 bits per heavy atom.